The van der Waals surface area contributed by atoms with Gasteiger partial charge in [-0.2, -0.15) is 11.8 Å². The molecule has 1 aromatic rings. The highest BCUT2D eigenvalue weighted by Crippen LogP contribution is 2.28. The van der Waals surface area contributed by atoms with Crippen LogP contribution in [-0.4, -0.2) is 29.5 Å². The van der Waals surface area contributed by atoms with E-state index in [-0.39, 0.29) is 11.9 Å². The highest BCUT2D eigenvalue weighted by Gasteiger charge is 2.28. The van der Waals surface area contributed by atoms with E-state index in [2.05, 4.69) is 16.9 Å². The smallest absolute Gasteiger partial charge is 0.241 e. The van der Waals surface area contributed by atoms with Crippen molar-refractivity contribution in [1.29, 1.82) is 0 Å². The van der Waals surface area contributed by atoms with Crippen LogP contribution in [0, 0.1) is 0 Å². The lowest BCUT2D eigenvalue weighted by atomic mass is 10.2. The van der Waals surface area contributed by atoms with Crippen molar-refractivity contribution < 1.29 is 4.79 Å². The molecular formula is C15H22N2OS. The first-order chi connectivity index (χ1) is 9.20. The summed E-state index contributed by atoms with van der Waals surface area (Å²) in [6, 6.07) is 9.92. The van der Waals surface area contributed by atoms with Crippen LogP contribution in [0.3, 0.4) is 0 Å². The quantitative estimate of drug-likeness (QED) is 0.870. The summed E-state index contributed by atoms with van der Waals surface area (Å²) < 4.78 is 0. The maximum Gasteiger partial charge on any atom is 0.241 e. The van der Waals surface area contributed by atoms with E-state index in [1.165, 1.54) is 19.3 Å². The monoisotopic (exact) mass is 278 g/mol. The third kappa shape index (κ3) is 3.98. The number of rotatable bonds is 5. The highest BCUT2D eigenvalue weighted by molar-refractivity contribution is 7.99. The molecule has 3 atom stereocenters. The lowest BCUT2D eigenvalue weighted by Gasteiger charge is -2.23. The summed E-state index contributed by atoms with van der Waals surface area (Å²) in [5, 5.41) is 7.05. The van der Waals surface area contributed by atoms with E-state index < -0.39 is 0 Å². The Kier molecular flexibility index (Phi) is 5.28. The zero-order valence-corrected chi connectivity index (χ0v) is 12.4. The van der Waals surface area contributed by atoms with E-state index in [1.807, 2.05) is 49.0 Å². The zero-order valence-electron chi connectivity index (χ0n) is 11.6. The van der Waals surface area contributed by atoms with Gasteiger partial charge in [0.25, 0.3) is 0 Å². The number of para-hydroxylation sites is 1. The lowest BCUT2D eigenvalue weighted by Crippen LogP contribution is -2.46. The number of carbonyl (C=O) groups is 1. The molecule has 2 rings (SSSR count). The first kappa shape index (κ1) is 14.4. The SMILES string of the molecule is CSC1CCCC1NC(C)C(=O)Nc1ccccc1. The molecule has 1 fully saturated rings. The van der Waals surface area contributed by atoms with Crippen LogP contribution in [-0.2, 0) is 4.79 Å². The van der Waals surface area contributed by atoms with Crippen molar-refractivity contribution in [1.82, 2.24) is 5.32 Å². The number of amides is 1. The van der Waals surface area contributed by atoms with Gasteiger partial charge in [-0.3, -0.25) is 4.79 Å². The molecule has 19 heavy (non-hydrogen) atoms. The Morgan fingerprint density at radius 2 is 2.05 bits per heavy atom. The topological polar surface area (TPSA) is 41.1 Å². The van der Waals surface area contributed by atoms with E-state index in [1.54, 1.807) is 0 Å². The average Bonchev–Trinajstić information content (AvgIpc) is 2.87. The molecule has 1 saturated carbocycles. The summed E-state index contributed by atoms with van der Waals surface area (Å²) in [5.74, 6) is 0.0398. The van der Waals surface area contributed by atoms with Gasteiger partial charge in [-0.15, -0.1) is 0 Å². The second-order valence-electron chi connectivity index (χ2n) is 5.06. The molecular weight excluding hydrogens is 256 g/mol. The summed E-state index contributed by atoms with van der Waals surface area (Å²) in [6.07, 6.45) is 5.84. The second kappa shape index (κ2) is 6.96. The van der Waals surface area contributed by atoms with Crippen LogP contribution in [0.5, 0.6) is 0 Å². The van der Waals surface area contributed by atoms with Crippen molar-refractivity contribution in [2.45, 2.75) is 43.5 Å². The van der Waals surface area contributed by atoms with Crippen LogP contribution >= 0.6 is 11.8 Å². The number of thioether (sulfide) groups is 1. The van der Waals surface area contributed by atoms with Crippen molar-refractivity contribution in [3.05, 3.63) is 30.3 Å². The average molecular weight is 278 g/mol. The van der Waals surface area contributed by atoms with Gasteiger partial charge in [0.1, 0.15) is 0 Å². The summed E-state index contributed by atoms with van der Waals surface area (Å²) in [5.41, 5.74) is 0.856. The first-order valence-electron chi connectivity index (χ1n) is 6.85. The molecule has 1 aliphatic rings. The number of carbonyl (C=O) groups excluding carboxylic acids is 1. The standard InChI is InChI=1S/C15H22N2OS/c1-11(16-13-9-6-10-14(13)19-2)15(18)17-12-7-4-3-5-8-12/h3-5,7-8,11,13-14,16H,6,9-10H2,1-2H3,(H,17,18). The van der Waals surface area contributed by atoms with Gasteiger partial charge in [0.05, 0.1) is 6.04 Å². The highest BCUT2D eigenvalue weighted by atomic mass is 32.2. The fourth-order valence-electron chi connectivity index (χ4n) is 2.57. The molecule has 1 aliphatic carbocycles. The Hall–Kier alpha value is -1.00. The van der Waals surface area contributed by atoms with Gasteiger partial charge in [-0.1, -0.05) is 24.6 Å². The van der Waals surface area contributed by atoms with Gasteiger partial charge in [0, 0.05) is 17.0 Å². The van der Waals surface area contributed by atoms with Crippen molar-refractivity contribution >= 4 is 23.4 Å². The molecule has 0 aliphatic heterocycles. The van der Waals surface area contributed by atoms with Crippen LogP contribution in [0.1, 0.15) is 26.2 Å². The fraction of sp³-hybridized carbons (Fsp3) is 0.533. The van der Waals surface area contributed by atoms with Crippen LogP contribution in [0.4, 0.5) is 5.69 Å². The Bertz CT molecular complexity index is 410. The van der Waals surface area contributed by atoms with E-state index in [9.17, 15) is 4.79 Å². The van der Waals surface area contributed by atoms with Crippen molar-refractivity contribution in [2.75, 3.05) is 11.6 Å². The largest absolute Gasteiger partial charge is 0.325 e. The molecule has 1 amide bonds. The maximum absolute atomic E-state index is 12.1. The molecule has 3 nitrogen and oxygen atoms in total. The molecule has 4 heteroatoms. The predicted molar refractivity (Wildman–Crippen MR) is 82.6 cm³/mol. The number of nitrogens with one attached hydrogen (secondary N) is 2. The molecule has 1 aromatic carbocycles. The first-order valence-corrected chi connectivity index (χ1v) is 8.14. The molecule has 0 radical (unpaired) electrons. The Morgan fingerprint density at radius 1 is 1.32 bits per heavy atom. The van der Waals surface area contributed by atoms with Crippen molar-refractivity contribution in [3.8, 4) is 0 Å². The van der Waals surface area contributed by atoms with Crippen molar-refractivity contribution in [2.24, 2.45) is 0 Å². The van der Waals surface area contributed by atoms with Gasteiger partial charge in [0.2, 0.25) is 5.91 Å². The van der Waals surface area contributed by atoms with Crippen LogP contribution in [0.25, 0.3) is 0 Å². The number of hydrogen-bond donors (Lipinski definition) is 2. The van der Waals surface area contributed by atoms with Crippen molar-refractivity contribution in [3.63, 3.8) is 0 Å². The number of hydrogen-bond acceptors (Lipinski definition) is 3. The molecule has 104 valence electrons. The van der Waals surface area contributed by atoms with Gasteiger partial charge in [-0.25, -0.2) is 0 Å². The molecule has 0 spiro atoms. The van der Waals surface area contributed by atoms with Gasteiger partial charge in [0.15, 0.2) is 0 Å². The normalized spacial score (nSPS) is 24.1. The zero-order chi connectivity index (χ0) is 13.7. The third-order valence-corrected chi connectivity index (χ3v) is 4.82. The van der Waals surface area contributed by atoms with Crippen LogP contribution < -0.4 is 10.6 Å². The lowest BCUT2D eigenvalue weighted by molar-refractivity contribution is -0.117. The minimum absolute atomic E-state index is 0.0398. The third-order valence-electron chi connectivity index (χ3n) is 3.65. The summed E-state index contributed by atoms with van der Waals surface area (Å²) in [4.78, 5) is 12.1. The van der Waals surface area contributed by atoms with Crippen LogP contribution in [0.2, 0.25) is 0 Å². The van der Waals surface area contributed by atoms with E-state index >= 15 is 0 Å². The van der Waals surface area contributed by atoms with Gasteiger partial charge < -0.3 is 10.6 Å². The molecule has 2 N–H and O–H groups in total. The molecule has 0 saturated heterocycles. The molecule has 3 unspecified atom stereocenters. The van der Waals surface area contributed by atoms with Gasteiger partial charge >= 0.3 is 0 Å². The van der Waals surface area contributed by atoms with E-state index in [0.717, 1.165) is 5.69 Å². The van der Waals surface area contributed by atoms with E-state index in [4.69, 9.17) is 0 Å². The minimum atomic E-state index is -0.155. The molecule has 0 bridgehead atoms. The van der Waals surface area contributed by atoms with Gasteiger partial charge in [-0.05, 0) is 38.2 Å². The summed E-state index contributed by atoms with van der Waals surface area (Å²) >= 11 is 1.90. The minimum Gasteiger partial charge on any atom is -0.325 e. The summed E-state index contributed by atoms with van der Waals surface area (Å²) in [7, 11) is 0. The molecule has 0 heterocycles. The van der Waals surface area contributed by atoms with Crippen LogP contribution in [0.15, 0.2) is 30.3 Å². The Balaban J connectivity index is 1.85. The second-order valence-corrected chi connectivity index (χ2v) is 6.13. The van der Waals surface area contributed by atoms with E-state index in [0.29, 0.717) is 11.3 Å². The fourth-order valence-corrected chi connectivity index (χ4v) is 3.51. The number of anilines is 1. The number of benzene rings is 1. The summed E-state index contributed by atoms with van der Waals surface area (Å²) in [6.45, 7) is 1.94. The predicted octanol–water partition coefficient (Wildman–Crippen LogP) is 2.89. The maximum atomic E-state index is 12.1. The Labute approximate surface area is 119 Å². The Morgan fingerprint density at radius 3 is 2.74 bits per heavy atom. The molecule has 0 aromatic heterocycles.